The zero-order chi connectivity index (χ0) is 23.3. The van der Waals surface area contributed by atoms with E-state index in [1.54, 1.807) is 28.8 Å². The predicted octanol–water partition coefficient (Wildman–Crippen LogP) is 4.07. The minimum atomic E-state index is -0.247. The van der Waals surface area contributed by atoms with Crippen molar-refractivity contribution < 1.29 is 14.3 Å². The summed E-state index contributed by atoms with van der Waals surface area (Å²) in [6.07, 6.45) is 6.14. The number of carbonyl (C=O) groups excluding carboxylic acids is 2. The topological polar surface area (TPSA) is 84.7 Å². The average molecular weight is 443 g/mol. The highest BCUT2D eigenvalue weighted by Crippen LogP contribution is 2.43. The fourth-order valence-electron chi connectivity index (χ4n) is 4.52. The summed E-state index contributed by atoms with van der Waals surface area (Å²) in [5.41, 5.74) is 1.68. The monoisotopic (exact) mass is 442 g/mol. The molecule has 1 aliphatic rings. The lowest BCUT2D eigenvalue weighted by atomic mass is 9.64. The van der Waals surface area contributed by atoms with Gasteiger partial charge < -0.3 is 15.4 Å². The predicted molar refractivity (Wildman–Crippen MR) is 126 cm³/mol. The van der Waals surface area contributed by atoms with Gasteiger partial charge in [-0.15, -0.1) is 0 Å². The van der Waals surface area contributed by atoms with Gasteiger partial charge in [-0.25, -0.2) is 4.98 Å². The maximum absolute atomic E-state index is 13.0. The molecule has 7 heteroatoms. The van der Waals surface area contributed by atoms with Crippen LogP contribution in [0.4, 0.5) is 0 Å². The molecule has 1 fully saturated rings. The third-order valence-corrected chi connectivity index (χ3v) is 6.88. The second kappa shape index (κ2) is 10.5. The van der Waals surface area contributed by atoms with E-state index >= 15 is 0 Å². The summed E-state index contributed by atoms with van der Waals surface area (Å²) in [6.45, 7) is 12.7. The van der Waals surface area contributed by atoms with E-state index < -0.39 is 0 Å². The second-order valence-electron chi connectivity index (χ2n) is 9.93. The lowest BCUT2D eigenvalue weighted by molar-refractivity contribution is 0.0756. The summed E-state index contributed by atoms with van der Waals surface area (Å²) < 4.78 is 7.18. The van der Waals surface area contributed by atoms with Crippen molar-refractivity contribution in [2.24, 2.45) is 17.3 Å². The van der Waals surface area contributed by atoms with Crippen LogP contribution < -0.4 is 10.6 Å². The minimum Gasteiger partial charge on any atom is -0.379 e. The lowest BCUT2D eigenvalue weighted by Gasteiger charge is -2.42. The molecule has 2 N–H and O–H groups in total. The van der Waals surface area contributed by atoms with E-state index in [0.29, 0.717) is 54.0 Å². The van der Waals surface area contributed by atoms with Gasteiger partial charge in [0.15, 0.2) is 0 Å². The van der Waals surface area contributed by atoms with Crippen LogP contribution in [0.15, 0.2) is 24.4 Å². The van der Waals surface area contributed by atoms with Crippen LogP contribution in [0.25, 0.3) is 5.65 Å². The van der Waals surface area contributed by atoms with Crippen molar-refractivity contribution in [3.8, 4) is 0 Å². The van der Waals surface area contributed by atoms with Crippen molar-refractivity contribution in [2.75, 3.05) is 19.7 Å². The Kier molecular flexibility index (Phi) is 7.93. The van der Waals surface area contributed by atoms with Crippen LogP contribution in [0.5, 0.6) is 0 Å². The molecule has 2 aromatic rings. The number of hydrogen-bond donors (Lipinski definition) is 2. The normalized spacial score (nSPS) is 20.4. The number of amides is 2. The molecule has 2 amide bonds. The molecule has 2 atom stereocenters. The first-order chi connectivity index (χ1) is 15.2. The first-order valence-electron chi connectivity index (χ1n) is 11.8. The summed E-state index contributed by atoms with van der Waals surface area (Å²) >= 11 is 0. The Hall–Kier alpha value is -2.41. The third kappa shape index (κ3) is 5.88. The van der Waals surface area contributed by atoms with Gasteiger partial charge in [0.1, 0.15) is 17.0 Å². The van der Waals surface area contributed by atoms with E-state index in [0.717, 1.165) is 12.8 Å². The van der Waals surface area contributed by atoms with E-state index in [4.69, 9.17) is 4.74 Å². The number of pyridine rings is 1. The highest BCUT2D eigenvalue weighted by Gasteiger charge is 2.35. The van der Waals surface area contributed by atoms with Crippen molar-refractivity contribution in [3.63, 3.8) is 0 Å². The SMILES string of the molecule is CC(C)OCCCNC(=O)c1cn2c(C(=O)NCC3CCCC(C)(C)C3C)cccc2n1. The average Bonchev–Trinajstić information content (AvgIpc) is 3.18. The molecule has 32 heavy (non-hydrogen) atoms. The van der Waals surface area contributed by atoms with Crippen LogP contribution in [0.1, 0.15) is 81.3 Å². The molecule has 0 aliphatic heterocycles. The Morgan fingerprint density at radius 2 is 2.03 bits per heavy atom. The molecule has 2 unspecified atom stereocenters. The van der Waals surface area contributed by atoms with Gasteiger partial charge in [0, 0.05) is 25.9 Å². The zero-order valence-electron chi connectivity index (χ0n) is 20.1. The molecule has 0 bridgehead atoms. The van der Waals surface area contributed by atoms with Crippen LogP contribution >= 0.6 is 0 Å². The Morgan fingerprint density at radius 3 is 2.78 bits per heavy atom. The fraction of sp³-hybridized carbons (Fsp3) is 0.640. The summed E-state index contributed by atoms with van der Waals surface area (Å²) in [5.74, 6) is 0.650. The van der Waals surface area contributed by atoms with Crippen molar-refractivity contribution in [3.05, 3.63) is 35.8 Å². The number of rotatable bonds is 9. The Bertz CT molecular complexity index is 934. The van der Waals surface area contributed by atoms with E-state index in [-0.39, 0.29) is 17.9 Å². The smallest absolute Gasteiger partial charge is 0.271 e. The first kappa shape index (κ1) is 24.2. The minimum absolute atomic E-state index is 0.138. The van der Waals surface area contributed by atoms with Crippen LogP contribution in [0.2, 0.25) is 0 Å². The lowest BCUT2D eigenvalue weighted by Crippen LogP contribution is -2.40. The molecular weight excluding hydrogens is 404 g/mol. The number of fused-ring (bicyclic) bond motifs is 1. The number of carbonyl (C=O) groups is 2. The number of nitrogens with one attached hydrogen (secondary N) is 2. The van der Waals surface area contributed by atoms with E-state index in [9.17, 15) is 9.59 Å². The van der Waals surface area contributed by atoms with Crippen LogP contribution in [0, 0.1) is 17.3 Å². The third-order valence-electron chi connectivity index (χ3n) is 6.88. The second-order valence-corrected chi connectivity index (χ2v) is 9.93. The summed E-state index contributed by atoms with van der Waals surface area (Å²) in [7, 11) is 0. The molecule has 1 aliphatic carbocycles. The van der Waals surface area contributed by atoms with Crippen molar-refractivity contribution in [2.45, 2.75) is 66.4 Å². The van der Waals surface area contributed by atoms with Gasteiger partial charge >= 0.3 is 0 Å². The molecule has 2 aromatic heterocycles. The number of nitrogens with zero attached hydrogens (tertiary/aromatic N) is 2. The molecule has 0 spiro atoms. The van der Waals surface area contributed by atoms with Crippen LogP contribution in [-0.4, -0.2) is 47.0 Å². The van der Waals surface area contributed by atoms with Gasteiger partial charge in [-0.05, 0) is 62.5 Å². The van der Waals surface area contributed by atoms with Gasteiger partial charge in [0.25, 0.3) is 11.8 Å². The van der Waals surface area contributed by atoms with Gasteiger partial charge in [-0.1, -0.05) is 33.3 Å². The van der Waals surface area contributed by atoms with Crippen molar-refractivity contribution in [1.82, 2.24) is 20.0 Å². The van der Waals surface area contributed by atoms with E-state index in [2.05, 4.69) is 36.4 Å². The first-order valence-corrected chi connectivity index (χ1v) is 11.8. The van der Waals surface area contributed by atoms with Crippen molar-refractivity contribution in [1.29, 1.82) is 0 Å². The largest absolute Gasteiger partial charge is 0.379 e. The van der Waals surface area contributed by atoms with Gasteiger partial charge in [-0.2, -0.15) is 0 Å². The Morgan fingerprint density at radius 1 is 1.25 bits per heavy atom. The molecule has 3 rings (SSSR count). The van der Waals surface area contributed by atoms with Gasteiger partial charge in [0.05, 0.1) is 6.10 Å². The quantitative estimate of drug-likeness (QED) is 0.573. The number of imidazole rings is 1. The molecule has 0 saturated heterocycles. The molecule has 0 radical (unpaired) electrons. The Labute approximate surface area is 191 Å². The summed E-state index contributed by atoms with van der Waals surface area (Å²) in [6, 6.07) is 5.37. The van der Waals surface area contributed by atoms with Crippen LogP contribution in [0.3, 0.4) is 0 Å². The highest BCUT2D eigenvalue weighted by molar-refractivity contribution is 5.95. The molecule has 176 valence electrons. The van der Waals surface area contributed by atoms with E-state index in [1.165, 1.54) is 12.8 Å². The maximum atomic E-state index is 13.0. The number of aromatic nitrogens is 2. The van der Waals surface area contributed by atoms with Gasteiger partial charge in [-0.3, -0.25) is 14.0 Å². The summed E-state index contributed by atoms with van der Waals surface area (Å²) in [5, 5.41) is 5.99. The van der Waals surface area contributed by atoms with Crippen LogP contribution in [-0.2, 0) is 4.74 Å². The molecule has 7 nitrogen and oxygen atoms in total. The molecule has 0 aromatic carbocycles. The van der Waals surface area contributed by atoms with Crippen molar-refractivity contribution >= 4 is 17.5 Å². The molecule has 1 saturated carbocycles. The summed E-state index contributed by atoms with van der Waals surface area (Å²) in [4.78, 5) is 29.9. The number of ether oxygens (including phenoxy) is 1. The fourth-order valence-corrected chi connectivity index (χ4v) is 4.52. The van der Waals surface area contributed by atoms with E-state index in [1.807, 2.05) is 13.8 Å². The van der Waals surface area contributed by atoms with Gasteiger partial charge in [0.2, 0.25) is 0 Å². The standard InChI is InChI=1S/C25H38N4O3/c1-17(2)32-14-8-13-26-23(30)20-16-29-21(10-6-11-22(29)28-20)24(31)27-15-19-9-7-12-25(4,5)18(19)3/h6,10-11,16-19H,7-9,12-15H2,1-5H3,(H,26,30)(H,27,31). The molecular formula is C25H38N4O3. The maximum Gasteiger partial charge on any atom is 0.271 e. The molecule has 2 heterocycles. The highest BCUT2D eigenvalue weighted by atomic mass is 16.5. The number of hydrogen-bond acceptors (Lipinski definition) is 4. The zero-order valence-corrected chi connectivity index (χ0v) is 20.1. The Balaban J connectivity index is 1.62.